The van der Waals surface area contributed by atoms with Crippen molar-refractivity contribution in [1.82, 2.24) is 0 Å². The van der Waals surface area contributed by atoms with Crippen LogP contribution >= 0.6 is 0 Å². The Balaban J connectivity index is 0.00000192. The number of likely N-dealkylation sites (N-methyl/N-ethyl adjacent to an activating group) is 1. The molecule has 2 aromatic rings. The lowest BCUT2D eigenvalue weighted by Gasteiger charge is -2.21. The standard InChI is InChI=1S/C20H23N2.HI/c1-20(2)17-9-5-6-10-18(17)22(4)19(20)11-7-8-16-12-14-21(3)15-13-16;/h5-7,9-10,12-15H,8H2,1-4H3;1H/q+1;/p-1. The predicted octanol–water partition coefficient (Wildman–Crippen LogP) is 0.524. The zero-order valence-corrected chi connectivity index (χ0v) is 16.3. The van der Waals surface area contributed by atoms with Gasteiger partial charge >= 0.3 is 0 Å². The van der Waals surface area contributed by atoms with Crippen molar-refractivity contribution in [2.24, 2.45) is 7.05 Å². The molecule has 1 aliphatic rings. The second-order valence-corrected chi connectivity index (χ2v) is 6.47. The molecule has 0 saturated heterocycles. The summed E-state index contributed by atoms with van der Waals surface area (Å²) in [5, 5.41) is 0. The van der Waals surface area contributed by atoms with Gasteiger partial charge in [0.25, 0.3) is 0 Å². The van der Waals surface area contributed by atoms with Crippen LogP contribution in [0, 0.1) is 0 Å². The van der Waals surface area contributed by atoms with Gasteiger partial charge in [0.15, 0.2) is 12.4 Å². The van der Waals surface area contributed by atoms with E-state index in [2.05, 4.69) is 91.0 Å². The van der Waals surface area contributed by atoms with E-state index in [0.29, 0.717) is 0 Å². The summed E-state index contributed by atoms with van der Waals surface area (Å²) in [5.74, 6) is 0. The molecule has 1 aromatic heterocycles. The second-order valence-electron chi connectivity index (χ2n) is 6.47. The summed E-state index contributed by atoms with van der Waals surface area (Å²) in [7, 11) is 4.17. The van der Waals surface area contributed by atoms with Crippen LogP contribution < -0.4 is 33.4 Å². The third-order valence-electron chi connectivity index (χ3n) is 4.49. The topological polar surface area (TPSA) is 7.12 Å². The highest BCUT2D eigenvalue weighted by atomic mass is 127. The largest absolute Gasteiger partial charge is 1.00 e. The lowest BCUT2D eigenvalue weighted by molar-refractivity contribution is -0.671. The maximum absolute atomic E-state index is 3.54. The molecule has 3 rings (SSSR count). The maximum atomic E-state index is 3.54. The average molecular weight is 418 g/mol. The zero-order chi connectivity index (χ0) is 15.7. The number of rotatable bonds is 2. The van der Waals surface area contributed by atoms with Gasteiger partial charge in [-0.15, -0.1) is 5.73 Å². The first-order valence-corrected chi connectivity index (χ1v) is 7.73. The first-order valence-electron chi connectivity index (χ1n) is 7.73. The van der Waals surface area contributed by atoms with Crippen molar-refractivity contribution in [2.45, 2.75) is 25.7 Å². The molecule has 23 heavy (non-hydrogen) atoms. The minimum absolute atomic E-state index is 0. The van der Waals surface area contributed by atoms with Gasteiger partial charge in [-0.1, -0.05) is 18.2 Å². The van der Waals surface area contributed by atoms with E-state index in [9.17, 15) is 0 Å². The molecule has 0 bridgehead atoms. The number of allylic oxidation sites excluding steroid dienone is 1. The Morgan fingerprint density at radius 2 is 1.78 bits per heavy atom. The van der Waals surface area contributed by atoms with E-state index in [4.69, 9.17) is 0 Å². The summed E-state index contributed by atoms with van der Waals surface area (Å²) < 4.78 is 2.05. The van der Waals surface area contributed by atoms with Gasteiger partial charge in [0, 0.05) is 30.3 Å². The summed E-state index contributed by atoms with van der Waals surface area (Å²) in [6.07, 6.45) is 7.22. The molecule has 0 N–H and O–H groups in total. The molecule has 0 unspecified atom stereocenters. The summed E-state index contributed by atoms with van der Waals surface area (Å²) in [4.78, 5) is 2.26. The SMILES string of the molecule is CN1C(=C=CCc2cc[n+](C)cc2)C(C)(C)c2ccccc21.[I-]. The number of hydrogen-bond donors (Lipinski definition) is 0. The summed E-state index contributed by atoms with van der Waals surface area (Å²) in [6.45, 7) is 4.54. The predicted molar refractivity (Wildman–Crippen MR) is 90.8 cm³/mol. The minimum Gasteiger partial charge on any atom is -1.00 e. The smallest absolute Gasteiger partial charge is 0.168 e. The first-order chi connectivity index (χ1) is 10.5. The minimum atomic E-state index is 0. The van der Waals surface area contributed by atoms with E-state index in [-0.39, 0.29) is 29.4 Å². The van der Waals surface area contributed by atoms with Crippen LogP contribution in [-0.4, -0.2) is 7.05 Å². The van der Waals surface area contributed by atoms with Crippen molar-refractivity contribution >= 4 is 5.69 Å². The van der Waals surface area contributed by atoms with Crippen molar-refractivity contribution in [2.75, 3.05) is 11.9 Å². The van der Waals surface area contributed by atoms with Crippen LogP contribution in [0.1, 0.15) is 25.0 Å². The fourth-order valence-corrected chi connectivity index (χ4v) is 3.17. The number of halogens is 1. The van der Waals surface area contributed by atoms with Crippen LogP contribution in [0.15, 0.2) is 66.3 Å². The number of anilines is 1. The van der Waals surface area contributed by atoms with Crippen LogP contribution in [0.4, 0.5) is 5.69 Å². The van der Waals surface area contributed by atoms with Crippen molar-refractivity contribution in [3.05, 3.63) is 77.4 Å². The van der Waals surface area contributed by atoms with E-state index in [1.807, 2.05) is 7.05 Å². The summed E-state index contributed by atoms with van der Waals surface area (Å²) in [5.41, 5.74) is 8.75. The molecule has 1 aliphatic heterocycles. The molecule has 1 aromatic carbocycles. The van der Waals surface area contributed by atoms with Gasteiger partial charge in [-0.3, -0.25) is 0 Å². The van der Waals surface area contributed by atoms with Gasteiger partial charge in [-0.05, 0) is 43.5 Å². The monoisotopic (exact) mass is 418 g/mol. The van der Waals surface area contributed by atoms with Gasteiger partial charge in [-0.2, -0.15) is 0 Å². The number of pyridine rings is 1. The maximum Gasteiger partial charge on any atom is 0.168 e. The first kappa shape index (κ1) is 17.8. The molecule has 0 fully saturated rings. The van der Waals surface area contributed by atoms with Gasteiger partial charge in [-0.25, -0.2) is 4.57 Å². The highest BCUT2D eigenvalue weighted by Crippen LogP contribution is 2.45. The molecule has 2 nitrogen and oxygen atoms in total. The van der Waals surface area contributed by atoms with E-state index in [1.54, 1.807) is 0 Å². The van der Waals surface area contributed by atoms with Gasteiger partial charge in [0.2, 0.25) is 0 Å². The Bertz CT molecular complexity index is 753. The fourth-order valence-electron chi connectivity index (χ4n) is 3.17. The van der Waals surface area contributed by atoms with E-state index in [1.165, 1.54) is 22.5 Å². The van der Waals surface area contributed by atoms with Crippen LogP contribution in [0.3, 0.4) is 0 Å². The van der Waals surface area contributed by atoms with Crippen molar-refractivity contribution < 1.29 is 28.5 Å². The molecule has 0 saturated carbocycles. The molecule has 0 aliphatic carbocycles. The number of aromatic nitrogens is 1. The molecule has 2 heterocycles. The Labute approximate surface area is 156 Å². The molecule has 0 radical (unpaired) electrons. The van der Waals surface area contributed by atoms with Gasteiger partial charge < -0.3 is 28.9 Å². The highest BCUT2D eigenvalue weighted by Gasteiger charge is 2.38. The summed E-state index contributed by atoms with van der Waals surface area (Å²) >= 11 is 0. The molecular formula is C20H23IN2. The number of nitrogens with zero attached hydrogens (tertiary/aromatic N) is 2. The van der Waals surface area contributed by atoms with Crippen LogP contribution in [0.5, 0.6) is 0 Å². The molecule has 0 spiro atoms. The van der Waals surface area contributed by atoms with Crippen molar-refractivity contribution in [3.63, 3.8) is 0 Å². The molecule has 120 valence electrons. The van der Waals surface area contributed by atoms with Gasteiger partial charge in [0.05, 0.1) is 5.70 Å². The lowest BCUT2D eigenvalue weighted by Crippen LogP contribution is -3.00. The van der Waals surface area contributed by atoms with E-state index < -0.39 is 0 Å². The quantitative estimate of drug-likeness (QED) is 0.392. The fraction of sp³-hybridized carbons (Fsp3) is 0.300. The van der Waals surface area contributed by atoms with E-state index in [0.717, 1.165) is 6.42 Å². The number of hydrogen-bond acceptors (Lipinski definition) is 1. The van der Waals surface area contributed by atoms with Gasteiger partial charge in [0.1, 0.15) is 7.05 Å². The average Bonchev–Trinajstić information content (AvgIpc) is 2.70. The number of benzene rings is 1. The zero-order valence-electron chi connectivity index (χ0n) is 14.2. The summed E-state index contributed by atoms with van der Waals surface area (Å²) in [6, 6.07) is 12.9. The van der Waals surface area contributed by atoms with Crippen LogP contribution in [0.2, 0.25) is 0 Å². The van der Waals surface area contributed by atoms with E-state index >= 15 is 0 Å². The van der Waals surface area contributed by atoms with Crippen LogP contribution in [-0.2, 0) is 18.9 Å². The number of fused-ring (bicyclic) bond motifs is 1. The molecule has 3 heteroatoms. The normalized spacial score (nSPS) is 14.8. The number of para-hydroxylation sites is 1. The molecule has 0 amide bonds. The Kier molecular flexibility index (Phi) is 5.33. The Morgan fingerprint density at radius 1 is 1.13 bits per heavy atom. The van der Waals surface area contributed by atoms with Crippen LogP contribution in [0.25, 0.3) is 0 Å². The highest BCUT2D eigenvalue weighted by molar-refractivity contribution is 5.69. The molecular weight excluding hydrogens is 395 g/mol. The third-order valence-corrected chi connectivity index (χ3v) is 4.49. The second kappa shape index (κ2) is 6.90. The molecule has 0 atom stereocenters. The lowest BCUT2D eigenvalue weighted by atomic mass is 9.84. The Morgan fingerprint density at radius 3 is 2.43 bits per heavy atom. The van der Waals surface area contributed by atoms with Crippen molar-refractivity contribution in [3.8, 4) is 0 Å². The Hall–Kier alpha value is -1.58. The number of aryl methyl sites for hydroxylation is 1. The third kappa shape index (κ3) is 3.36. The van der Waals surface area contributed by atoms with Crippen molar-refractivity contribution in [1.29, 1.82) is 0 Å².